The van der Waals surface area contributed by atoms with Gasteiger partial charge >= 0.3 is 0 Å². The first kappa shape index (κ1) is 17.5. The molecule has 1 spiro atoms. The van der Waals surface area contributed by atoms with E-state index in [1.54, 1.807) is 11.3 Å². The van der Waals surface area contributed by atoms with Gasteiger partial charge in [-0.15, -0.1) is 12.4 Å². The number of carbonyl (C=O) groups excluding carboxylic acids is 1. The van der Waals surface area contributed by atoms with Gasteiger partial charge in [0.1, 0.15) is 0 Å². The second-order valence-electron chi connectivity index (χ2n) is 6.76. The third kappa shape index (κ3) is 3.37. The number of hydrogen-bond donors (Lipinski definition) is 1. The molecule has 2 aromatic rings. The summed E-state index contributed by atoms with van der Waals surface area (Å²) in [6.07, 6.45) is 3.36. The van der Waals surface area contributed by atoms with E-state index in [1.165, 1.54) is 5.56 Å². The molecule has 24 heavy (non-hydrogen) atoms. The molecule has 2 fully saturated rings. The summed E-state index contributed by atoms with van der Waals surface area (Å²) in [6.45, 7) is 2.79. The number of amides is 1. The number of nitrogens with one attached hydrogen (secondary N) is 1. The Labute approximate surface area is 153 Å². The minimum Gasteiger partial charge on any atom is -0.317 e. The highest BCUT2D eigenvalue weighted by molar-refractivity contribution is 7.07. The van der Waals surface area contributed by atoms with Gasteiger partial charge in [-0.25, -0.2) is 0 Å². The molecular formula is C19H23ClN2OS. The summed E-state index contributed by atoms with van der Waals surface area (Å²) in [5.74, 6) is 0.521. The van der Waals surface area contributed by atoms with Gasteiger partial charge in [0.2, 0.25) is 5.91 Å². The Hall–Kier alpha value is -1.36. The zero-order valence-electron chi connectivity index (χ0n) is 13.6. The fourth-order valence-corrected chi connectivity index (χ4v) is 4.49. The zero-order chi connectivity index (χ0) is 15.7. The molecule has 1 aromatic heterocycles. The van der Waals surface area contributed by atoms with E-state index in [2.05, 4.69) is 22.1 Å². The van der Waals surface area contributed by atoms with Gasteiger partial charge in [0.15, 0.2) is 0 Å². The number of nitrogens with zero attached hydrogens (tertiary/aromatic N) is 1. The number of benzene rings is 1. The topological polar surface area (TPSA) is 32.3 Å². The number of thiophene rings is 1. The lowest BCUT2D eigenvalue weighted by atomic mass is 9.91. The van der Waals surface area contributed by atoms with Crippen LogP contribution in [0.5, 0.6) is 0 Å². The number of anilines is 1. The third-order valence-corrected chi connectivity index (χ3v) is 6.07. The van der Waals surface area contributed by atoms with Crippen molar-refractivity contribution < 1.29 is 4.79 Å². The maximum Gasteiger partial charge on any atom is 0.230 e. The quantitative estimate of drug-likeness (QED) is 0.888. The highest BCUT2D eigenvalue weighted by Gasteiger charge is 2.58. The van der Waals surface area contributed by atoms with Crippen LogP contribution in [0.2, 0.25) is 0 Å². The molecule has 128 valence electrons. The van der Waals surface area contributed by atoms with Crippen LogP contribution in [0.25, 0.3) is 0 Å². The number of piperidine rings is 1. The van der Waals surface area contributed by atoms with Crippen LogP contribution >= 0.6 is 23.7 Å². The lowest BCUT2D eigenvalue weighted by Crippen LogP contribution is -2.36. The molecule has 1 saturated carbocycles. The molecule has 4 rings (SSSR count). The van der Waals surface area contributed by atoms with E-state index in [4.69, 9.17) is 0 Å². The van der Waals surface area contributed by atoms with E-state index < -0.39 is 0 Å². The Morgan fingerprint density at radius 1 is 1.21 bits per heavy atom. The number of rotatable bonds is 4. The first-order valence-corrected chi connectivity index (χ1v) is 9.31. The first-order chi connectivity index (χ1) is 11.3. The zero-order valence-corrected chi connectivity index (χ0v) is 15.2. The van der Waals surface area contributed by atoms with Gasteiger partial charge in [0.05, 0.1) is 6.54 Å². The normalized spacial score (nSPS) is 21.1. The second kappa shape index (κ2) is 7.26. The summed E-state index contributed by atoms with van der Waals surface area (Å²) in [6, 6.07) is 12.2. The summed E-state index contributed by atoms with van der Waals surface area (Å²) in [5.41, 5.74) is 2.51. The van der Waals surface area contributed by atoms with Crippen molar-refractivity contribution in [1.29, 1.82) is 0 Å². The molecule has 0 bridgehead atoms. The van der Waals surface area contributed by atoms with Gasteiger partial charge in [-0.3, -0.25) is 4.79 Å². The van der Waals surface area contributed by atoms with Gasteiger partial charge in [-0.05, 0) is 72.3 Å². The van der Waals surface area contributed by atoms with E-state index in [9.17, 15) is 4.79 Å². The van der Waals surface area contributed by atoms with Crippen LogP contribution in [0.4, 0.5) is 5.69 Å². The Bertz CT molecular complexity index is 668. The maximum absolute atomic E-state index is 13.2. The van der Waals surface area contributed by atoms with Crippen molar-refractivity contribution in [3.8, 4) is 0 Å². The highest BCUT2D eigenvalue weighted by Crippen LogP contribution is 2.59. The summed E-state index contributed by atoms with van der Waals surface area (Å²) in [4.78, 5) is 15.2. The summed E-state index contributed by atoms with van der Waals surface area (Å²) < 4.78 is 0. The van der Waals surface area contributed by atoms with Gasteiger partial charge in [-0.2, -0.15) is 11.3 Å². The van der Waals surface area contributed by atoms with Gasteiger partial charge < -0.3 is 10.2 Å². The molecule has 1 N–H and O–H groups in total. The molecular weight excluding hydrogens is 340 g/mol. The van der Waals surface area contributed by atoms with E-state index in [1.807, 2.05) is 35.2 Å². The van der Waals surface area contributed by atoms with Crippen LogP contribution in [-0.2, 0) is 11.3 Å². The molecule has 1 aliphatic carbocycles. The molecule has 1 aliphatic heterocycles. The van der Waals surface area contributed by atoms with Crippen molar-refractivity contribution in [2.45, 2.75) is 25.8 Å². The Balaban J connectivity index is 0.00000169. The Kier molecular flexibility index (Phi) is 5.28. The minimum absolute atomic E-state index is 0. The highest BCUT2D eigenvalue weighted by atomic mass is 35.5. The molecule has 5 heteroatoms. The number of hydrogen-bond acceptors (Lipinski definition) is 3. The van der Waals surface area contributed by atoms with Gasteiger partial charge in [0.25, 0.3) is 0 Å². The predicted octanol–water partition coefficient (Wildman–Crippen LogP) is 4.09. The van der Waals surface area contributed by atoms with Crippen molar-refractivity contribution >= 4 is 35.3 Å². The van der Waals surface area contributed by atoms with Gasteiger partial charge in [-0.1, -0.05) is 18.2 Å². The van der Waals surface area contributed by atoms with Gasteiger partial charge in [0, 0.05) is 11.6 Å². The Morgan fingerprint density at radius 2 is 1.96 bits per heavy atom. The SMILES string of the molecule is Cl.O=C(C1CC12CCNCC2)N(Cc1ccsc1)c1ccccc1. The average molecular weight is 363 g/mol. The summed E-state index contributed by atoms with van der Waals surface area (Å²) in [5, 5.41) is 7.63. The fourth-order valence-electron chi connectivity index (χ4n) is 3.83. The Morgan fingerprint density at radius 3 is 2.62 bits per heavy atom. The van der Waals surface area contributed by atoms with E-state index in [0.29, 0.717) is 12.5 Å². The molecule has 1 saturated heterocycles. The van der Waals surface area contributed by atoms with Crippen LogP contribution in [-0.4, -0.2) is 19.0 Å². The second-order valence-corrected chi connectivity index (χ2v) is 7.54. The summed E-state index contributed by atoms with van der Waals surface area (Å²) in [7, 11) is 0. The molecule has 1 unspecified atom stereocenters. The molecule has 3 nitrogen and oxygen atoms in total. The molecule has 1 aromatic carbocycles. The van der Waals surface area contributed by atoms with E-state index in [-0.39, 0.29) is 23.7 Å². The predicted molar refractivity (Wildman–Crippen MR) is 102 cm³/mol. The van der Waals surface area contributed by atoms with Crippen LogP contribution in [0.3, 0.4) is 0 Å². The standard InChI is InChI=1S/C19H22N2OS.ClH/c22-18(17-12-19(17)7-9-20-10-8-19)21(13-15-6-11-23-14-15)16-4-2-1-3-5-16;/h1-6,11,14,17,20H,7-10,12-13H2;1H. The maximum atomic E-state index is 13.2. The van der Waals surface area contributed by atoms with Crippen LogP contribution in [0.15, 0.2) is 47.2 Å². The van der Waals surface area contributed by atoms with Crippen molar-refractivity contribution in [3.05, 3.63) is 52.7 Å². The lowest BCUT2D eigenvalue weighted by molar-refractivity contribution is -0.120. The van der Waals surface area contributed by atoms with Crippen molar-refractivity contribution in [2.24, 2.45) is 11.3 Å². The monoisotopic (exact) mass is 362 g/mol. The summed E-state index contributed by atoms with van der Waals surface area (Å²) >= 11 is 1.69. The largest absolute Gasteiger partial charge is 0.317 e. The van der Waals surface area contributed by atoms with Crippen LogP contribution in [0.1, 0.15) is 24.8 Å². The number of halogens is 1. The molecule has 0 radical (unpaired) electrons. The smallest absolute Gasteiger partial charge is 0.230 e. The van der Waals surface area contributed by atoms with E-state index >= 15 is 0 Å². The van der Waals surface area contributed by atoms with Crippen LogP contribution in [0, 0.1) is 11.3 Å². The molecule has 2 aliphatic rings. The van der Waals surface area contributed by atoms with E-state index in [0.717, 1.165) is 38.0 Å². The minimum atomic E-state index is 0. The average Bonchev–Trinajstić information content (AvgIpc) is 3.04. The molecule has 1 atom stereocenters. The third-order valence-electron chi connectivity index (χ3n) is 5.34. The molecule has 2 heterocycles. The van der Waals surface area contributed by atoms with Crippen molar-refractivity contribution in [1.82, 2.24) is 5.32 Å². The van der Waals surface area contributed by atoms with Crippen LogP contribution < -0.4 is 10.2 Å². The lowest BCUT2D eigenvalue weighted by Gasteiger charge is -2.27. The molecule has 1 amide bonds. The number of carbonyl (C=O) groups is 1. The first-order valence-electron chi connectivity index (χ1n) is 8.37. The van der Waals surface area contributed by atoms with Crippen molar-refractivity contribution in [2.75, 3.05) is 18.0 Å². The van der Waals surface area contributed by atoms with Crippen molar-refractivity contribution in [3.63, 3.8) is 0 Å². The number of para-hydroxylation sites is 1. The fraction of sp³-hybridized carbons (Fsp3) is 0.421.